The summed E-state index contributed by atoms with van der Waals surface area (Å²) >= 11 is 0. The molecule has 0 bridgehead atoms. The van der Waals surface area contributed by atoms with Gasteiger partial charge in [-0.3, -0.25) is 9.78 Å². The molecule has 3 heterocycles. The third kappa shape index (κ3) is 2.15. The molecule has 1 atom stereocenters. The molecule has 3 aromatic rings. The molecule has 1 amide bonds. The van der Waals surface area contributed by atoms with Crippen LogP contribution in [0.1, 0.15) is 35.1 Å². The maximum Gasteiger partial charge on any atom is 0.274 e. The van der Waals surface area contributed by atoms with Crippen molar-refractivity contribution in [2.45, 2.75) is 18.9 Å². The predicted molar refractivity (Wildman–Crippen MR) is 83.3 cm³/mol. The first-order valence-electron chi connectivity index (χ1n) is 7.49. The van der Waals surface area contributed by atoms with Crippen molar-refractivity contribution in [3.63, 3.8) is 0 Å². The van der Waals surface area contributed by atoms with Gasteiger partial charge in [0.15, 0.2) is 0 Å². The molecule has 0 radical (unpaired) electrons. The number of benzene rings is 1. The number of rotatable bonds is 2. The van der Waals surface area contributed by atoms with Gasteiger partial charge < -0.3 is 9.88 Å². The molecule has 0 unspecified atom stereocenters. The zero-order chi connectivity index (χ0) is 14.9. The Labute approximate surface area is 128 Å². The third-order valence-corrected chi connectivity index (χ3v) is 4.16. The van der Waals surface area contributed by atoms with Crippen LogP contribution in [-0.2, 0) is 0 Å². The molecule has 0 aliphatic carbocycles. The Morgan fingerprint density at radius 1 is 1.18 bits per heavy atom. The molecule has 22 heavy (non-hydrogen) atoms. The molecule has 1 aliphatic rings. The Morgan fingerprint density at radius 3 is 2.86 bits per heavy atom. The van der Waals surface area contributed by atoms with Crippen LogP contribution in [0, 0.1) is 0 Å². The van der Waals surface area contributed by atoms with E-state index in [0.29, 0.717) is 5.69 Å². The lowest BCUT2D eigenvalue weighted by molar-refractivity contribution is 0.0727. The van der Waals surface area contributed by atoms with Crippen molar-refractivity contribution in [1.82, 2.24) is 19.9 Å². The highest BCUT2D eigenvalue weighted by atomic mass is 16.2. The second-order valence-electron chi connectivity index (χ2n) is 5.53. The lowest BCUT2D eigenvalue weighted by Gasteiger charge is -2.23. The maximum atomic E-state index is 12.8. The number of hydrogen-bond donors (Lipinski definition) is 1. The van der Waals surface area contributed by atoms with Gasteiger partial charge in [-0.15, -0.1) is 0 Å². The Hall–Kier alpha value is -2.69. The zero-order valence-electron chi connectivity index (χ0n) is 12.1. The summed E-state index contributed by atoms with van der Waals surface area (Å²) < 4.78 is 0. The van der Waals surface area contributed by atoms with Crippen LogP contribution in [0.2, 0.25) is 0 Å². The molecule has 110 valence electrons. The maximum absolute atomic E-state index is 12.8. The smallest absolute Gasteiger partial charge is 0.274 e. The average Bonchev–Trinajstić information content (AvgIpc) is 3.24. The van der Waals surface area contributed by atoms with E-state index in [9.17, 15) is 4.79 Å². The summed E-state index contributed by atoms with van der Waals surface area (Å²) in [5.74, 6) is -0.0460. The molecule has 5 nitrogen and oxygen atoms in total. The molecular weight excluding hydrogens is 276 g/mol. The van der Waals surface area contributed by atoms with Crippen molar-refractivity contribution < 1.29 is 4.79 Å². The first kappa shape index (κ1) is 13.0. The summed E-state index contributed by atoms with van der Waals surface area (Å²) in [5, 5.41) is 0. The van der Waals surface area contributed by atoms with Crippen molar-refractivity contribution in [1.29, 1.82) is 0 Å². The molecule has 0 saturated carbocycles. The Morgan fingerprint density at radius 2 is 2.05 bits per heavy atom. The van der Waals surface area contributed by atoms with Crippen LogP contribution in [0.5, 0.6) is 0 Å². The van der Waals surface area contributed by atoms with Gasteiger partial charge in [0.1, 0.15) is 5.69 Å². The van der Waals surface area contributed by atoms with Gasteiger partial charge in [0.05, 0.1) is 23.3 Å². The molecule has 2 aromatic heterocycles. The Bertz CT molecular complexity index is 812. The van der Waals surface area contributed by atoms with E-state index in [-0.39, 0.29) is 11.9 Å². The number of nitrogens with zero attached hydrogens (tertiary/aromatic N) is 3. The van der Waals surface area contributed by atoms with E-state index in [1.807, 2.05) is 47.5 Å². The van der Waals surface area contributed by atoms with Gasteiger partial charge in [0, 0.05) is 18.4 Å². The highest BCUT2D eigenvalue weighted by molar-refractivity contribution is 5.94. The Kier molecular flexibility index (Phi) is 3.11. The lowest BCUT2D eigenvalue weighted by atomic mass is 10.1. The monoisotopic (exact) mass is 292 g/mol. The molecule has 4 rings (SSSR count). The number of amides is 1. The molecule has 1 N–H and O–H groups in total. The third-order valence-electron chi connectivity index (χ3n) is 4.16. The molecule has 1 fully saturated rings. The minimum absolute atomic E-state index is 0.0460. The second-order valence-corrected chi connectivity index (χ2v) is 5.53. The topological polar surface area (TPSA) is 61.9 Å². The van der Waals surface area contributed by atoms with E-state index in [2.05, 4.69) is 15.0 Å². The van der Waals surface area contributed by atoms with Crippen molar-refractivity contribution in [2.24, 2.45) is 0 Å². The number of carbonyl (C=O) groups is 1. The van der Waals surface area contributed by atoms with Crippen LogP contribution in [0.3, 0.4) is 0 Å². The number of fused-ring (bicyclic) bond motifs is 1. The minimum Gasteiger partial charge on any atom is -0.363 e. The highest BCUT2D eigenvalue weighted by Crippen LogP contribution is 2.31. The predicted octanol–water partition coefficient (Wildman–Crippen LogP) is 2.94. The van der Waals surface area contributed by atoms with Crippen molar-refractivity contribution in [2.75, 3.05) is 6.54 Å². The number of aromatic nitrogens is 3. The number of para-hydroxylation sites is 2. The Balaban J connectivity index is 1.67. The van der Waals surface area contributed by atoms with E-state index in [1.54, 1.807) is 6.20 Å². The summed E-state index contributed by atoms with van der Waals surface area (Å²) in [6.07, 6.45) is 5.46. The van der Waals surface area contributed by atoms with Crippen LogP contribution < -0.4 is 0 Å². The number of H-pyrrole nitrogens is 1. The molecule has 0 spiro atoms. The van der Waals surface area contributed by atoms with E-state index < -0.39 is 0 Å². The molecular formula is C17H16N4O. The fraction of sp³-hybridized carbons (Fsp3) is 0.235. The van der Waals surface area contributed by atoms with Crippen molar-refractivity contribution >= 4 is 16.9 Å². The van der Waals surface area contributed by atoms with Crippen molar-refractivity contribution in [3.8, 4) is 0 Å². The van der Waals surface area contributed by atoms with Gasteiger partial charge in [-0.25, -0.2) is 4.98 Å². The van der Waals surface area contributed by atoms with E-state index in [0.717, 1.165) is 36.1 Å². The lowest BCUT2D eigenvalue weighted by Crippen LogP contribution is -2.31. The van der Waals surface area contributed by atoms with E-state index >= 15 is 0 Å². The molecule has 1 aromatic carbocycles. The largest absolute Gasteiger partial charge is 0.363 e. The number of hydrogen-bond acceptors (Lipinski definition) is 3. The fourth-order valence-corrected chi connectivity index (χ4v) is 3.09. The molecule has 1 saturated heterocycles. The molecule has 1 aliphatic heterocycles. The van der Waals surface area contributed by atoms with E-state index in [1.165, 1.54) is 0 Å². The second kappa shape index (κ2) is 5.26. The van der Waals surface area contributed by atoms with E-state index in [4.69, 9.17) is 0 Å². The van der Waals surface area contributed by atoms with Gasteiger partial charge in [-0.05, 0) is 37.1 Å². The number of carbonyl (C=O) groups excluding carboxylic acids is 1. The molecule has 5 heteroatoms. The zero-order valence-corrected chi connectivity index (χ0v) is 12.1. The van der Waals surface area contributed by atoms with Crippen LogP contribution in [-0.4, -0.2) is 32.3 Å². The SMILES string of the molecule is O=C(c1cnc2ccccc2n1)N1CCC[C@@H]1c1ccc[nH]1. The summed E-state index contributed by atoms with van der Waals surface area (Å²) in [6, 6.07) is 11.7. The fourth-order valence-electron chi connectivity index (χ4n) is 3.09. The van der Waals surface area contributed by atoms with Crippen LogP contribution >= 0.6 is 0 Å². The first-order chi connectivity index (χ1) is 10.8. The van der Waals surface area contributed by atoms with Gasteiger partial charge in [0.2, 0.25) is 0 Å². The van der Waals surface area contributed by atoms with Crippen LogP contribution in [0.15, 0.2) is 48.8 Å². The summed E-state index contributed by atoms with van der Waals surface area (Å²) in [6.45, 7) is 0.761. The summed E-state index contributed by atoms with van der Waals surface area (Å²) in [5.41, 5.74) is 3.06. The summed E-state index contributed by atoms with van der Waals surface area (Å²) in [7, 11) is 0. The van der Waals surface area contributed by atoms with Crippen molar-refractivity contribution in [3.05, 3.63) is 60.2 Å². The number of likely N-dealkylation sites (tertiary alicyclic amines) is 1. The van der Waals surface area contributed by atoms with Crippen LogP contribution in [0.4, 0.5) is 0 Å². The minimum atomic E-state index is -0.0460. The quantitative estimate of drug-likeness (QED) is 0.790. The standard InChI is InChI=1S/C17H16N4O/c22-17(15-11-19-12-5-1-2-6-13(12)20-15)21-10-4-8-16(21)14-7-3-9-18-14/h1-3,5-7,9,11,16,18H,4,8,10H2/t16-/m1/s1. The summed E-state index contributed by atoms with van der Waals surface area (Å²) in [4.78, 5) is 26.7. The highest BCUT2D eigenvalue weighted by Gasteiger charge is 2.31. The van der Waals surface area contributed by atoms with Gasteiger partial charge in [0.25, 0.3) is 5.91 Å². The van der Waals surface area contributed by atoms with Gasteiger partial charge in [-0.2, -0.15) is 0 Å². The number of aromatic amines is 1. The average molecular weight is 292 g/mol. The number of nitrogens with one attached hydrogen (secondary N) is 1. The van der Waals surface area contributed by atoms with Gasteiger partial charge in [-0.1, -0.05) is 12.1 Å². The normalized spacial score (nSPS) is 18.0. The van der Waals surface area contributed by atoms with Crippen LogP contribution in [0.25, 0.3) is 11.0 Å². The van der Waals surface area contributed by atoms with Gasteiger partial charge >= 0.3 is 0 Å². The first-order valence-corrected chi connectivity index (χ1v) is 7.49.